The summed E-state index contributed by atoms with van der Waals surface area (Å²) in [7, 11) is 1.59. The zero-order valence-corrected chi connectivity index (χ0v) is 11.6. The molecule has 0 unspecified atom stereocenters. The van der Waals surface area contributed by atoms with Gasteiger partial charge in [-0.15, -0.1) is 0 Å². The summed E-state index contributed by atoms with van der Waals surface area (Å²) in [6.07, 6.45) is 1.54. The number of aromatic nitrogens is 2. The highest BCUT2D eigenvalue weighted by Gasteiger charge is 2.05. The van der Waals surface area contributed by atoms with E-state index in [9.17, 15) is 0 Å². The molecule has 0 aliphatic carbocycles. The predicted octanol–water partition coefficient (Wildman–Crippen LogP) is 4.04. The summed E-state index contributed by atoms with van der Waals surface area (Å²) in [5.74, 6) is 1.39. The molecule has 3 aromatic rings. The molecule has 2 aromatic carbocycles. The SMILES string of the molecule is COc1ccc(Nc2ncnc3ccccc23)cc1Cl. The number of benzene rings is 2. The number of hydrogen-bond donors (Lipinski definition) is 1. The maximum Gasteiger partial charge on any atom is 0.141 e. The Morgan fingerprint density at radius 2 is 1.95 bits per heavy atom. The van der Waals surface area contributed by atoms with Crippen molar-refractivity contribution in [1.29, 1.82) is 0 Å². The minimum absolute atomic E-state index is 0.552. The van der Waals surface area contributed by atoms with Crippen molar-refractivity contribution < 1.29 is 4.74 Å². The summed E-state index contributed by atoms with van der Waals surface area (Å²) >= 11 is 6.12. The van der Waals surface area contributed by atoms with E-state index in [1.54, 1.807) is 13.2 Å². The standard InChI is InChI=1S/C15H12ClN3O/c1-20-14-7-6-10(8-12(14)16)19-15-11-4-2-3-5-13(11)17-9-18-15/h2-9H,1H3,(H,17,18,19). The highest BCUT2D eigenvalue weighted by atomic mass is 35.5. The van der Waals surface area contributed by atoms with Crippen molar-refractivity contribution in [3.8, 4) is 5.75 Å². The molecule has 0 saturated heterocycles. The van der Waals surface area contributed by atoms with Crippen LogP contribution >= 0.6 is 11.6 Å². The number of fused-ring (bicyclic) bond motifs is 1. The highest BCUT2D eigenvalue weighted by molar-refractivity contribution is 6.32. The van der Waals surface area contributed by atoms with Gasteiger partial charge in [-0.1, -0.05) is 23.7 Å². The summed E-state index contributed by atoms with van der Waals surface area (Å²) in [4.78, 5) is 8.51. The van der Waals surface area contributed by atoms with Gasteiger partial charge in [0.1, 0.15) is 17.9 Å². The molecule has 100 valence electrons. The van der Waals surface area contributed by atoms with Crippen LogP contribution in [0.1, 0.15) is 0 Å². The van der Waals surface area contributed by atoms with Crippen molar-refractivity contribution >= 4 is 34.0 Å². The second kappa shape index (κ2) is 5.35. The van der Waals surface area contributed by atoms with E-state index >= 15 is 0 Å². The zero-order chi connectivity index (χ0) is 13.9. The second-order valence-corrected chi connectivity index (χ2v) is 4.62. The molecule has 0 spiro atoms. The average molecular weight is 286 g/mol. The van der Waals surface area contributed by atoms with Gasteiger partial charge in [-0.2, -0.15) is 0 Å². The van der Waals surface area contributed by atoms with E-state index in [4.69, 9.17) is 16.3 Å². The Kier molecular flexibility index (Phi) is 3.39. The normalized spacial score (nSPS) is 10.5. The molecule has 1 aromatic heterocycles. The molecule has 0 saturated carbocycles. The van der Waals surface area contributed by atoms with Crippen LogP contribution in [0.3, 0.4) is 0 Å². The molecule has 0 fully saturated rings. The first kappa shape index (κ1) is 12.7. The number of nitrogens with one attached hydrogen (secondary N) is 1. The fraction of sp³-hybridized carbons (Fsp3) is 0.0667. The molecule has 1 N–H and O–H groups in total. The van der Waals surface area contributed by atoms with Gasteiger partial charge in [-0.25, -0.2) is 9.97 Å². The zero-order valence-electron chi connectivity index (χ0n) is 10.8. The number of para-hydroxylation sites is 1. The van der Waals surface area contributed by atoms with Crippen molar-refractivity contribution in [2.24, 2.45) is 0 Å². The van der Waals surface area contributed by atoms with E-state index in [0.717, 1.165) is 22.4 Å². The van der Waals surface area contributed by atoms with Gasteiger partial charge in [0.05, 0.1) is 17.6 Å². The van der Waals surface area contributed by atoms with E-state index < -0.39 is 0 Å². The Hall–Kier alpha value is -2.33. The molecule has 0 radical (unpaired) electrons. The Balaban J connectivity index is 1.99. The Bertz CT molecular complexity index is 756. The number of halogens is 1. The van der Waals surface area contributed by atoms with Crippen molar-refractivity contribution in [3.05, 3.63) is 53.8 Å². The van der Waals surface area contributed by atoms with E-state index in [2.05, 4.69) is 15.3 Å². The molecule has 4 nitrogen and oxygen atoms in total. The van der Waals surface area contributed by atoms with Crippen LogP contribution in [0.5, 0.6) is 5.75 Å². The summed E-state index contributed by atoms with van der Waals surface area (Å²) in [5.41, 5.74) is 1.74. The van der Waals surface area contributed by atoms with Crippen molar-refractivity contribution in [2.45, 2.75) is 0 Å². The lowest BCUT2D eigenvalue weighted by molar-refractivity contribution is 0.415. The Labute approximate surface area is 121 Å². The van der Waals surface area contributed by atoms with Crippen molar-refractivity contribution in [1.82, 2.24) is 9.97 Å². The predicted molar refractivity (Wildman–Crippen MR) is 80.8 cm³/mol. The summed E-state index contributed by atoms with van der Waals surface area (Å²) in [6.45, 7) is 0. The second-order valence-electron chi connectivity index (χ2n) is 4.21. The van der Waals surface area contributed by atoms with Gasteiger partial charge in [0.25, 0.3) is 0 Å². The Morgan fingerprint density at radius 1 is 1.10 bits per heavy atom. The van der Waals surface area contributed by atoms with Crippen LogP contribution in [0.2, 0.25) is 5.02 Å². The average Bonchev–Trinajstić information content (AvgIpc) is 2.48. The maximum absolute atomic E-state index is 6.12. The molecule has 3 rings (SSSR count). The van der Waals surface area contributed by atoms with Gasteiger partial charge in [0.15, 0.2) is 0 Å². The van der Waals surface area contributed by atoms with Crippen LogP contribution in [0.15, 0.2) is 48.8 Å². The molecule has 5 heteroatoms. The molecule has 20 heavy (non-hydrogen) atoms. The number of rotatable bonds is 3. The summed E-state index contributed by atoms with van der Waals surface area (Å²) < 4.78 is 5.14. The molecule has 0 aliphatic heterocycles. The van der Waals surface area contributed by atoms with Gasteiger partial charge in [-0.3, -0.25) is 0 Å². The topological polar surface area (TPSA) is 47.0 Å². The smallest absolute Gasteiger partial charge is 0.141 e. The minimum atomic E-state index is 0.552. The fourth-order valence-electron chi connectivity index (χ4n) is 1.99. The summed E-state index contributed by atoms with van der Waals surface area (Å²) in [5, 5.41) is 4.76. The van der Waals surface area contributed by atoms with E-state index in [-0.39, 0.29) is 0 Å². The number of nitrogens with zero attached hydrogens (tertiary/aromatic N) is 2. The number of anilines is 2. The third kappa shape index (κ3) is 2.38. The van der Waals surface area contributed by atoms with Gasteiger partial charge in [0.2, 0.25) is 0 Å². The van der Waals surface area contributed by atoms with Crippen LogP contribution in [-0.4, -0.2) is 17.1 Å². The fourth-order valence-corrected chi connectivity index (χ4v) is 2.24. The third-order valence-corrected chi connectivity index (χ3v) is 3.25. The molecule has 0 amide bonds. The molecule has 0 aliphatic rings. The van der Waals surface area contributed by atoms with Crippen LogP contribution in [0.4, 0.5) is 11.5 Å². The largest absolute Gasteiger partial charge is 0.495 e. The molecule has 0 bridgehead atoms. The van der Waals surface area contributed by atoms with Gasteiger partial charge in [0, 0.05) is 11.1 Å². The van der Waals surface area contributed by atoms with Gasteiger partial charge in [-0.05, 0) is 30.3 Å². The van der Waals surface area contributed by atoms with E-state index in [1.165, 1.54) is 6.33 Å². The first-order valence-corrected chi connectivity index (χ1v) is 6.46. The van der Waals surface area contributed by atoms with Crippen molar-refractivity contribution in [2.75, 3.05) is 12.4 Å². The third-order valence-electron chi connectivity index (χ3n) is 2.96. The van der Waals surface area contributed by atoms with E-state index in [1.807, 2.05) is 36.4 Å². The van der Waals surface area contributed by atoms with Crippen molar-refractivity contribution in [3.63, 3.8) is 0 Å². The number of hydrogen-bond acceptors (Lipinski definition) is 4. The van der Waals surface area contributed by atoms with Crippen LogP contribution in [-0.2, 0) is 0 Å². The molecule has 0 atom stereocenters. The number of methoxy groups -OCH3 is 1. The molecular weight excluding hydrogens is 274 g/mol. The maximum atomic E-state index is 6.12. The van der Waals surface area contributed by atoms with Crippen LogP contribution in [0, 0.1) is 0 Å². The summed E-state index contributed by atoms with van der Waals surface area (Å²) in [6, 6.07) is 13.3. The lowest BCUT2D eigenvalue weighted by Gasteiger charge is -2.10. The monoisotopic (exact) mass is 285 g/mol. The van der Waals surface area contributed by atoms with Crippen LogP contribution < -0.4 is 10.1 Å². The lowest BCUT2D eigenvalue weighted by atomic mass is 10.2. The highest BCUT2D eigenvalue weighted by Crippen LogP contribution is 2.29. The molecule has 1 heterocycles. The molecular formula is C15H12ClN3O. The van der Waals surface area contributed by atoms with Gasteiger partial charge >= 0.3 is 0 Å². The first-order valence-electron chi connectivity index (χ1n) is 6.08. The lowest BCUT2D eigenvalue weighted by Crippen LogP contribution is -1.96. The quantitative estimate of drug-likeness (QED) is 0.789. The minimum Gasteiger partial charge on any atom is -0.495 e. The Morgan fingerprint density at radius 3 is 2.75 bits per heavy atom. The van der Waals surface area contributed by atoms with Gasteiger partial charge < -0.3 is 10.1 Å². The number of ether oxygens (including phenoxy) is 1. The van der Waals surface area contributed by atoms with Crippen LogP contribution in [0.25, 0.3) is 10.9 Å². The first-order chi connectivity index (χ1) is 9.78. The van der Waals surface area contributed by atoms with E-state index in [0.29, 0.717) is 10.8 Å².